The van der Waals surface area contributed by atoms with Crippen LogP contribution in [-0.4, -0.2) is 23.3 Å². The Morgan fingerprint density at radius 3 is 2.86 bits per heavy atom. The second kappa shape index (κ2) is 5.88. The van der Waals surface area contributed by atoms with Crippen molar-refractivity contribution >= 4 is 39.1 Å². The van der Waals surface area contributed by atoms with Crippen molar-refractivity contribution in [3.05, 3.63) is 52.3 Å². The van der Waals surface area contributed by atoms with Crippen LogP contribution in [0.3, 0.4) is 0 Å². The molecule has 0 fully saturated rings. The molecular formula is C16H14BrN3O2. The lowest BCUT2D eigenvalue weighted by molar-refractivity contribution is -0.115. The molecule has 0 atom stereocenters. The standard InChI is InChI=1S/C16H14BrN3O2/c1-10(21)20(16(22)12-3-2-5-18-9-12)14-8-13(17)7-11-4-6-19-15(11)14/h2-3,5,7-9,19H,4,6H2,1H3. The van der Waals surface area contributed by atoms with Crippen LogP contribution in [0.4, 0.5) is 11.4 Å². The summed E-state index contributed by atoms with van der Waals surface area (Å²) in [7, 11) is 0. The van der Waals surface area contributed by atoms with E-state index in [1.807, 2.05) is 6.07 Å². The molecule has 1 aliphatic heterocycles. The van der Waals surface area contributed by atoms with Crippen molar-refractivity contribution in [3.63, 3.8) is 0 Å². The maximum Gasteiger partial charge on any atom is 0.266 e. The van der Waals surface area contributed by atoms with Gasteiger partial charge in [0.05, 0.1) is 16.9 Å². The zero-order valence-electron chi connectivity index (χ0n) is 12.0. The summed E-state index contributed by atoms with van der Waals surface area (Å²) >= 11 is 3.45. The Bertz CT molecular complexity index is 747. The van der Waals surface area contributed by atoms with Gasteiger partial charge >= 0.3 is 0 Å². The topological polar surface area (TPSA) is 62.3 Å². The molecule has 1 aromatic carbocycles. The number of hydrogen-bond acceptors (Lipinski definition) is 4. The summed E-state index contributed by atoms with van der Waals surface area (Å²) in [6.07, 6.45) is 3.92. The highest BCUT2D eigenvalue weighted by molar-refractivity contribution is 9.10. The minimum atomic E-state index is -0.380. The fourth-order valence-electron chi connectivity index (χ4n) is 2.59. The average Bonchev–Trinajstić information content (AvgIpc) is 2.96. The van der Waals surface area contributed by atoms with Crippen molar-refractivity contribution in [2.45, 2.75) is 13.3 Å². The summed E-state index contributed by atoms with van der Waals surface area (Å²) < 4.78 is 0.843. The normalized spacial score (nSPS) is 12.5. The second-order valence-electron chi connectivity index (χ2n) is 5.04. The van der Waals surface area contributed by atoms with Gasteiger partial charge in [-0.05, 0) is 36.2 Å². The SMILES string of the molecule is CC(=O)N(C(=O)c1cccnc1)c1cc(Br)cc2c1NCC2. The highest BCUT2D eigenvalue weighted by Gasteiger charge is 2.27. The van der Waals surface area contributed by atoms with Crippen LogP contribution in [0.1, 0.15) is 22.8 Å². The lowest BCUT2D eigenvalue weighted by Gasteiger charge is -2.22. The number of carbonyl (C=O) groups is 2. The van der Waals surface area contributed by atoms with Gasteiger partial charge in [-0.1, -0.05) is 15.9 Å². The van der Waals surface area contributed by atoms with Gasteiger partial charge in [-0.3, -0.25) is 14.6 Å². The molecule has 1 aliphatic rings. The molecule has 112 valence electrons. The summed E-state index contributed by atoms with van der Waals surface area (Å²) in [5.41, 5.74) is 2.89. The van der Waals surface area contributed by atoms with E-state index in [1.54, 1.807) is 24.4 Å². The summed E-state index contributed by atoms with van der Waals surface area (Å²) in [4.78, 5) is 30.0. The first-order valence-corrected chi connectivity index (χ1v) is 7.68. The number of fused-ring (bicyclic) bond motifs is 1. The molecule has 2 heterocycles. The number of anilines is 2. The van der Waals surface area contributed by atoms with E-state index < -0.39 is 0 Å². The molecule has 0 saturated heterocycles. The molecular weight excluding hydrogens is 346 g/mol. The van der Waals surface area contributed by atoms with Crippen molar-refractivity contribution in [2.24, 2.45) is 0 Å². The summed E-state index contributed by atoms with van der Waals surface area (Å²) in [6, 6.07) is 7.12. The summed E-state index contributed by atoms with van der Waals surface area (Å²) in [5.74, 6) is -0.711. The number of hydrogen-bond donors (Lipinski definition) is 1. The van der Waals surface area contributed by atoms with E-state index in [-0.39, 0.29) is 11.8 Å². The molecule has 1 aromatic heterocycles. The highest BCUT2D eigenvalue weighted by Crippen LogP contribution is 2.37. The number of carbonyl (C=O) groups excluding carboxylic acids is 2. The van der Waals surface area contributed by atoms with Crippen LogP contribution in [0.2, 0.25) is 0 Å². The van der Waals surface area contributed by atoms with Crippen LogP contribution >= 0.6 is 15.9 Å². The summed E-state index contributed by atoms with van der Waals surface area (Å²) in [5, 5.41) is 3.26. The van der Waals surface area contributed by atoms with Gasteiger partial charge in [0.1, 0.15) is 0 Å². The van der Waals surface area contributed by atoms with Crippen molar-refractivity contribution in [2.75, 3.05) is 16.8 Å². The molecule has 3 rings (SSSR count). The molecule has 0 spiro atoms. The number of amides is 2. The Kier molecular flexibility index (Phi) is 3.94. The Hall–Kier alpha value is -2.21. The van der Waals surface area contributed by atoms with Crippen LogP contribution in [0, 0.1) is 0 Å². The highest BCUT2D eigenvalue weighted by atomic mass is 79.9. The third kappa shape index (κ3) is 2.62. The summed E-state index contributed by atoms with van der Waals surface area (Å²) in [6.45, 7) is 2.18. The maximum atomic E-state index is 12.7. The van der Waals surface area contributed by atoms with Gasteiger partial charge in [0.2, 0.25) is 5.91 Å². The van der Waals surface area contributed by atoms with E-state index in [2.05, 4.69) is 26.2 Å². The zero-order chi connectivity index (χ0) is 15.7. The second-order valence-corrected chi connectivity index (χ2v) is 5.95. The molecule has 0 saturated carbocycles. The first-order valence-electron chi connectivity index (χ1n) is 6.89. The molecule has 2 aromatic rings. The third-order valence-corrected chi connectivity index (χ3v) is 3.99. The lowest BCUT2D eigenvalue weighted by atomic mass is 10.1. The first-order chi connectivity index (χ1) is 10.6. The van der Waals surface area contributed by atoms with Crippen molar-refractivity contribution in [1.82, 2.24) is 4.98 Å². The van der Waals surface area contributed by atoms with Gasteiger partial charge in [-0.25, -0.2) is 4.90 Å². The number of imide groups is 1. The Morgan fingerprint density at radius 2 is 2.18 bits per heavy atom. The minimum Gasteiger partial charge on any atom is -0.383 e. The lowest BCUT2D eigenvalue weighted by Crippen LogP contribution is -2.35. The van der Waals surface area contributed by atoms with E-state index in [9.17, 15) is 9.59 Å². The first kappa shape index (κ1) is 14.7. The van der Waals surface area contributed by atoms with E-state index in [4.69, 9.17) is 0 Å². The number of benzene rings is 1. The van der Waals surface area contributed by atoms with Gasteiger partial charge in [-0.2, -0.15) is 0 Å². The van der Waals surface area contributed by atoms with Crippen LogP contribution in [0.25, 0.3) is 0 Å². The smallest absolute Gasteiger partial charge is 0.266 e. The molecule has 0 bridgehead atoms. The van der Waals surface area contributed by atoms with Crippen LogP contribution in [0.15, 0.2) is 41.1 Å². The van der Waals surface area contributed by atoms with Crippen LogP contribution in [0.5, 0.6) is 0 Å². The van der Waals surface area contributed by atoms with Crippen LogP contribution in [-0.2, 0) is 11.2 Å². The molecule has 1 N–H and O–H groups in total. The number of nitrogens with one attached hydrogen (secondary N) is 1. The van der Waals surface area contributed by atoms with Crippen molar-refractivity contribution < 1.29 is 9.59 Å². The average molecular weight is 360 g/mol. The molecule has 2 amide bonds. The van der Waals surface area contributed by atoms with Gasteiger partial charge in [0.25, 0.3) is 5.91 Å². The molecule has 0 unspecified atom stereocenters. The van der Waals surface area contributed by atoms with Gasteiger partial charge in [0.15, 0.2) is 0 Å². The van der Waals surface area contributed by atoms with E-state index in [1.165, 1.54) is 18.0 Å². The van der Waals surface area contributed by atoms with E-state index in [0.717, 1.165) is 28.7 Å². The number of halogens is 1. The third-order valence-electron chi connectivity index (χ3n) is 3.53. The van der Waals surface area contributed by atoms with Gasteiger partial charge in [0, 0.05) is 30.3 Å². The molecule has 6 heteroatoms. The zero-order valence-corrected chi connectivity index (χ0v) is 13.6. The molecule has 0 aliphatic carbocycles. The Morgan fingerprint density at radius 1 is 1.36 bits per heavy atom. The predicted molar refractivity (Wildman–Crippen MR) is 88.1 cm³/mol. The quantitative estimate of drug-likeness (QED) is 0.895. The van der Waals surface area contributed by atoms with Gasteiger partial charge < -0.3 is 5.32 Å². The van der Waals surface area contributed by atoms with Gasteiger partial charge in [-0.15, -0.1) is 0 Å². The molecule has 0 radical (unpaired) electrons. The number of pyridine rings is 1. The minimum absolute atomic E-state index is 0.331. The predicted octanol–water partition coefficient (Wildman–Crippen LogP) is 3.01. The fraction of sp³-hybridized carbons (Fsp3) is 0.188. The molecule has 22 heavy (non-hydrogen) atoms. The monoisotopic (exact) mass is 359 g/mol. The Balaban J connectivity index is 2.10. The number of aromatic nitrogens is 1. The van der Waals surface area contributed by atoms with E-state index in [0.29, 0.717) is 11.3 Å². The molecule has 5 nitrogen and oxygen atoms in total. The number of nitrogens with zero attached hydrogens (tertiary/aromatic N) is 2. The largest absolute Gasteiger partial charge is 0.383 e. The van der Waals surface area contributed by atoms with Crippen LogP contribution < -0.4 is 10.2 Å². The van der Waals surface area contributed by atoms with Crippen molar-refractivity contribution in [3.8, 4) is 0 Å². The van der Waals surface area contributed by atoms with E-state index >= 15 is 0 Å². The maximum absolute atomic E-state index is 12.7. The van der Waals surface area contributed by atoms with Crippen molar-refractivity contribution in [1.29, 1.82) is 0 Å². The number of rotatable bonds is 2. The fourth-order valence-corrected chi connectivity index (χ4v) is 3.08. The Labute approximate surface area is 136 Å².